The minimum atomic E-state index is 0.773. The quantitative estimate of drug-likeness (QED) is 0.371. The molecule has 3 nitrogen and oxygen atoms in total. The van der Waals surface area contributed by atoms with Crippen LogP contribution < -0.4 is 15.5 Å². The predicted molar refractivity (Wildman–Crippen MR) is 105 cm³/mol. The molecule has 0 spiro atoms. The van der Waals surface area contributed by atoms with Crippen LogP contribution in [0.1, 0.15) is 25.7 Å². The topological polar surface area (TPSA) is 28.5 Å². The van der Waals surface area contributed by atoms with E-state index in [9.17, 15) is 0 Å². The molecule has 0 aliphatic carbocycles. The van der Waals surface area contributed by atoms with Crippen molar-refractivity contribution in [3.63, 3.8) is 0 Å². The van der Waals surface area contributed by atoms with Gasteiger partial charge in [0.05, 0.1) is 19.6 Å². The van der Waals surface area contributed by atoms with E-state index in [1.165, 1.54) is 50.2 Å². The van der Waals surface area contributed by atoms with Crippen LogP contribution in [0, 0.1) is 0 Å². The van der Waals surface area contributed by atoms with Crippen molar-refractivity contribution >= 4 is 40.7 Å². The van der Waals surface area contributed by atoms with Gasteiger partial charge in [-0.05, 0) is 55.7 Å². The average molecular weight is 373 g/mol. The van der Waals surface area contributed by atoms with Crippen molar-refractivity contribution in [3.8, 4) is 0 Å². The molecule has 128 valence electrons. The lowest BCUT2D eigenvalue weighted by Gasteiger charge is -2.23. The molecule has 2 rings (SSSR count). The first-order valence-corrected chi connectivity index (χ1v) is 10.2. The first kappa shape index (κ1) is 18.8. The number of halogens is 1. The Labute approximate surface area is 154 Å². The third kappa shape index (κ3) is 8.25. The highest BCUT2D eigenvalue weighted by Gasteiger charge is 2.12. The maximum absolute atomic E-state index is 5.88. The van der Waals surface area contributed by atoms with E-state index in [4.69, 9.17) is 23.8 Å². The fourth-order valence-electron chi connectivity index (χ4n) is 2.77. The Morgan fingerprint density at radius 3 is 2.52 bits per heavy atom. The van der Waals surface area contributed by atoms with Crippen molar-refractivity contribution in [2.24, 2.45) is 0 Å². The number of hydrogen-bond donors (Lipinski definition) is 3. The maximum atomic E-state index is 5.88. The Bertz CT molecular complexity index is 461. The molecule has 1 aromatic carbocycles. The van der Waals surface area contributed by atoms with Gasteiger partial charge in [-0.15, -0.1) is 11.8 Å². The minimum absolute atomic E-state index is 0.773. The van der Waals surface area contributed by atoms with E-state index in [2.05, 4.69) is 10.6 Å². The van der Waals surface area contributed by atoms with Gasteiger partial charge in [0, 0.05) is 35.2 Å². The Morgan fingerprint density at radius 2 is 1.78 bits per heavy atom. The van der Waals surface area contributed by atoms with E-state index >= 15 is 0 Å². The smallest absolute Gasteiger partial charge is 0.166 e. The summed E-state index contributed by atoms with van der Waals surface area (Å²) in [5, 5.41) is 8.13. The van der Waals surface area contributed by atoms with Crippen LogP contribution in [0.3, 0.4) is 0 Å². The SMILES string of the molecule is S=C(NCCC[NH+]1CCCCC1)NCCSc1ccc(Cl)cc1. The fraction of sp³-hybridized carbons (Fsp3) is 0.588. The maximum Gasteiger partial charge on any atom is 0.166 e. The second-order valence-corrected chi connectivity index (χ2v) is 7.91. The molecule has 0 bridgehead atoms. The summed E-state index contributed by atoms with van der Waals surface area (Å²) in [5.41, 5.74) is 0. The number of likely N-dealkylation sites (tertiary alicyclic amines) is 1. The summed E-state index contributed by atoms with van der Waals surface area (Å²) in [6.45, 7) is 5.81. The second-order valence-electron chi connectivity index (χ2n) is 5.90. The number of thiocarbonyl (C=S) groups is 1. The summed E-state index contributed by atoms with van der Waals surface area (Å²) < 4.78 is 0. The number of quaternary nitrogens is 1. The van der Waals surface area contributed by atoms with Gasteiger partial charge in [0.15, 0.2) is 5.11 Å². The number of piperidine rings is 1. The Morgan fingerprint density at radius 1 is 1.09 bits per heavy atom. The van der Waals surface area contributed by atoms with Crippen molar-refractivity contribution in [2.75, 3.05) is 38.5 Å². The molecule has 0 amide bonds. The summed E-state index contributed by atoms with van der Waals surface area (Å²) in [6, 6.07) is 7.95. The Hall–Kier alpha value is -0.490. The lowest BCUT2D eigenvalue weighted by molar-refractivity contribution is -0.904. The van der Waals surface area contributed by atoms with Gasteiger partial charge in [-0.2, -0.15) is 0 Å². The van der Waals surface area contributed by atoms with Crippen LogP contribution in [-0.4, -0.2) is 43.6 Å². The molecule has 0 atom stereocenters. The van der Waals surface area contributed by atoms with Crippen LogP contribution in [0.4, 0.5) is 0 Å². The van der Waals surface area contributed by atoms with E-state index in [1.807, 2.05) is 24.3 Å². The first-order valence-electron chi connectivity index (χ1n) is 8.48. The summed E-state index contributed by atoms with van der Waals surface area (Å²) in [6.07, 6.45) is 5.41. The number of nitrogens with one attached hydrogen (secondary N) is 3. The molecule has 0 saturated carbocycles. The van der Waals surface area contributed by atoms with Crippen LogP contribution in [0.2, 0.25) is 5.02 Å². The summed E-state index contributed by atoms with van der Waals surface area (Å²) in [4.78, 5) is 3.00. The predicted octanol–water partition coefficient (Wildman–Crippen LogP) is 2.36. The van der Waals surface area contributed by atoms with Crippen LogP contribution in [-0.2, 0) is 0 Å². The highest BCUT2D eigenvalue weighted by molar-refractivity contribution is 7.99. The first-order chi connectivity index (χ1) is 11.2. The van der Waals surface area contributed by atoms with Crippen LogP contribution in [0.5, 0.6) is 0 Å². The molecule has 0 unspecified atom stereocenters. The molecule has 1 saturated heterocycles. The van der Waals surface area contributed by atoms with Gasteiger partial charge in [0.2, 0.25) is 0 Å². The van der Waals surface area contributed by atoms with Gasteiger partial charge < -0.3 is 15.5 Å². The number of benzene rings is 1. The molecule has 6 heteroatoms. The molecule has 0 aromatic heterocycles. The van der Waals surface area contributed by atoms with Crippen LogP contribution in [0.15, 0.2) is 29.2 Å². The fourth-order valence-corrected chi connectivity index (χ4v) is 3.87. The summed E-state index contributed by atoms with van der Waals surface area (Å²) in [5.74, 6) is 0.987. The molecule has 1 heterocycles. The molecule has 1 aromatic rings. The molecule has 3 N–H and O–H groups in total. The van der Waals surface area contributed by atoms with Gasteiger partial charge in [0.1, 0.15) is 0 Å². The van der Waals surface area contributed by atoms with Gasteiger partial charge in [0.25, 0.3) is 0 Å². The highest BCUT2D eigenvalue weighted by atomic mass is 35.5. The van der Waals surface area contributed by atoms with E-state index in [1.54, 1.807) is 16.7 Å². The van der Waals surface area contributed by atoms with Gasteiger partial charge in [-0.1, -0.05) is 11.6 Å². The monoisotopic (exact) mass is 372 g/mol. The normalized spacial score (nSPS) is 15.3. The third-order valence-electron chi connectivity index (χ3n) is 4.02. The second kappa shape index (κ2) is 11.1. The van der Waals surface area contributed by atoms with E-state index < -0.39 is 0 Å². The zero-order chi connectivity index (χ0) is 16.3. The van der Waals surface area contributed by atoms with E-state index in [-0.39, 0.29) is 0 Å². The van der Waals surface area contributed by atoms with E-state index in [0.29, 0.717) is 0 Å². The molecule has 1 fully saturated rings. The van der Waals surface area contributed by atoms with Crippen molar-refractivity contribution in [1.29, 1.82) is 0 Å². The largest absolute Gasteiger partial charge is 0.363 e. The zero-order valence-electron chi connectivity index (χ0n) is 13.6. The highest BCUT2D eigenvalue weighted by Crippen LogP contribution is 2.19. The lowest BCUT2D eigenvalue weighted by atomic mass is 10.1. The zero-order valence-corrected chi connectivity index (χ0v) is 16.0. The number of hydrogen-bond acceptors (Lipinski definition) is 2. The third-order valence-corrected chi connectivity index (χ3v) is 5.58. The summed E-state index contributed by atoms with van der Waals surface area (Å²) in [7, 11) is 0. The van der Waals surface area contributed by atoms with Gasteiger partial charge >= 0.3 is 0 Å². The Balaban J connectivity index is 1.46. The van der Waals surface area contributed by atoms with Crippen molar-refractivity contribution in [2.45, 2.75) is 30.6 Å². The molecular formula is C17H27ClN3S2+. The molecule has 1 aliphatic rings. The lowest BCUT2D eigenvalue weighted by Crippen LogP contribution is -3.12. The van der Waals surface area contributed by atoms with Crippen molar-refractivity contribution in [3.05, 3.63) is 29.3 Å². The summed E-state index contributed by atoms with van der Waals surface area (Å²) >= 11 is 13.0. The van der Waals surface area contributed by atoms with Gasteiger partial charge in [-0.25, -0.2) is 0 Å². The molecular weight excluding hydrogens is 346 g/mol. The molecule has 23 heavy (non-hydrogen) atoms. The van der Waals surface area contributed by atoms with E-state index in [0.717, 1.165) is 29.0 Å². The van der Waals surface area contributed by atoms with Crippen LogP contribution in [0.25, 0.3) is 0 Å². The minimum Gasteiger partial charge on any atom is -0.363 e. The number of thioether (sulfide) groups is 1. The number of rotatable bonds is 8. The molecule has 1 aliphatic heterocycles. The molecule has 0 radical (unpaired) electrons. The standard InChI is InChI=1S/C17H26ClN3S2/c18-15-5-7-16(8-6-15)23-14-10-20-17(22)19-9-4-13-21-11-2-1-3-12-21/h5-8H,1-4,9-14H2,(H2,19,20,22)/p+1. The van der Waals surface area contributed by atoms with Crippen molar-refractivity contribution in [1.82, 2.24) is 10.6 Å². The Kier molecular flexibility index (Phi) is 9.12. The van der Waals surface area contributed by atoms with Crippen LogP contribution >= 0.6 is 35.6 Å². The van der Waals surface area contributed by atoms with Crippen molar-refractivity contribution < 1.29 is 4.90 Å². The average Bonchev–Trinajstić information content (AvgIpc) is 2.58. The van der Waals surface area contributed by atoms with Gasteiger partial charge in [-0.3, -0.25) is 0 Å².